The van der Waals surface area contributed by atoms with Crippen molar-refractivity contribution in [2.24, 2.45) is 0 Å². The molecular weight excluding hydrogens is 1470 g/mol. The molecule has 0 unspecified atom stereocenters. The molecule has 0 spiro atoms. The third-order valence-electron chi connectivity index (χ3n) is 18.4. The Hall–Kier alpha value is -12.0. The molecule has 0 amide bonds. The maximum Gasteiger partial charge on any atom is 0.417 e. The van der Waals surface area contributed by atoms with Crippen LogP contribution in [0.5, 0.6) is 0 Å². The third kappa shape index (κ3) is 13.4. The van der Waals surface area contributed by atoms with Gasteiger partial charge in [0.25, 0.3) is 0 Å². The summed E-state index contributed by atoms with van der Waals surface area (Å²) in [5.41, 5.74) is -19.1. The van der Waals surface area contributed by atoms with E-state index in [4.69, 9.17) is 4.98 Å². The second-order valence-corrected chi connectivity index (χ2v) is 25.0. The normalized spacial score (nSPS) is 13.0. The van der Waals surface area contributed by atoms with Gasteiger partial charge in [0, 0.05) is 38.2 Å². The molecule has 4 nitrogen and oxygen atoms in total. The second kappa shape index (κ2) is 25.6. The number of alkyl halides is 24. The highest BCUT2D eigenvalue weighted by Crippen LogP contribution is 2.51. The van der Waals surface area contributed by atoms with Crippen molar-refractivity contribution in [3.05, 3.63) is 281 Å². The standard InChI is InChI=1S/C80H38F24N4/c81-73(82,83)48-15-19-52(61(34-48)77(93,94)95)42-11-23-67-57(27-42)58-28-43(53-20-16-49(74(84,85)86)35-62(53)78(96,97)98)12-24-68(58)107(67)71-33-47(39-105)56(46-31-65(40-7-3-1-4-8-40)106-66(32-46)41-9-5-2-6-10-41)38-72(71)108-69-25-13-44(54-21-17-50(75(87,88)89)36-63(54)79(99,100)101)29-59(69)60-30-45(14-26-70(60)108)55-22-18-51(76(90,91)92)37-64(55)80(102,103)104/h1-38H. The molecule has 0 aliphatic carbocycles. The zero-order valence-corrected chi connectivity index (χ0v) is 53.8. The highest BCUT2D eigenvalue weighted by atomic mass is 19.4. The Kier molecular flexibility index (Phi) is 17.3. The van der Waals surface area contributed by atoms with Crippen LogP contribution in [-0.2, 0) is 49.4 Å². The summed E-state index contributed by atoms with van der Waals surface area (Å²) in [7, 11) is 0. The Morgan fingerprint density at radius 3 is 0.759 bits per heavy atom. The molecule has 11 aromatic carbocycles. The van der Waals surface area contributed by atoms with Crippen LogP contribution in [0, 0.1) is 11.3 Å². The van der Waals surface area contributed by atoms with Crippen LogP contribution in [-0.4, -0.2) is 14.1 Å². The summed E-state index contributed by atoms with van der Waals surface area (Å²) in [5, 5.41) is 10.6. The number of aromatic nitrogens is 3. The number of nitrogens with zero attached hydrogens (tertiary/aromatic N) is 4. The largest absolute Gasteiger partial charge is 0.417 e. The van der Waals surface area contributed by atoms with Crippen LogP contribution >= 0.6 is 0 Å². The Balaban J connectivity index is 1.14. The van der Waals surface area contributed by atoms with E-state index in [0.29, 0.717) is 71.0 Å². The quantitative estimate of drug-likeness (QED) is 0.135. The fourth-order valence-electron chi connectivity index (χ4n) is 13.5. The number of halogens is 24. The first-order chi connectivity index (χ1) is 50.5. The minimum Gasteiger partial charge on any atom is -0.307 e. The molecule has 108 heavy (non-hydrogen) atoms. The molecular formula is C80H38F24N4. The van der Waals surface area contributed by atoms with Crippen LogP contribution in [0.1, 0.15) is 50.1 Å². The molecule has 3 heterocycles. The number of hydrogen-bond donors (Lipinski definition) is 0. The van der Waals surface area contributed by atoms with Gasteiger partial charge in [0.1, 0.15) is 0 Å². The van der Waals surface area contributed by atoms with Gasteiger partial charge in [0.15, 0.2) is 0 Å². The van der Waals surface area contributed by atoms with E-state index in [0.717, 1.165) is 72.8 Å². The van der Waals surface area contributed by atoms with E-state index >= 15 is 52.7 Å². The second-order valence-electron chi connectivity index (χ2n) is 25.0. The van der Waals surface area contributed by atoms with Gasteiger partial charge in [-0.05, 0) is 171 Å². The first kappa shape index (κ1) is 72.9. The SMILES string of the molecule is N#Cc1cc(-n2c3ccc(-c4ccc(C(F)(F)F)cc4C(F)(F)F)cc3c3cc(-c4ccc(C(F)(F)F)cc4C(F)(F)F)ccc32)c(-n2c3ccc(-c4ccc(C(F)(F)F)cc4C(F)(F)F)cc3c3cc(-c4ccc(C(F)(F)F)cc4C(F)(F)F)ccc32)cc1-c1cc(-c2ccccc2)nc(-c2ccccc2)c1. The average Bonchev–Trinajstić information content (AvgIpc) is 1.55. The third-order valence-corrected chi connectivity index (χ3v) is 18.4. The smallest absolute Gasteiger partial charge is 0.307 e. The highest BCUT2D eigenvalue weighted by Gasteiger charge is 2.43. The fraction of sp³-hybridized carbons (Fsp3) is 0.100. The van der Waals surface area contributed by atoms with Crippen molar-refractivity contribution in [1.82, 2.24) is 14.1 Å². The fourth-order valence-corrected chi connectivity index (χ4v) is 13.5. The van der Waals surface area contributed by atoms with Crippen LogP contribution in [0.25, 0.3) is 133 Å². The van der Waals surface area contributed by atoms with Gasteiger partial charge in [-0.15, -0.1) is 0 Å². The number of fused-ring (bicyclic) bond motifs is 6. The first-order valence-electron chi connectivity index (χ1n) is 31.6. The monoisotopic (exact) mass is 1510 g/mol. The van der Waals surface area contributed by atoms with Crippen molar-refractivity contribution in [2.75, 3.05) is 0 Å². The van der Waals surface area contributed by atoms with E-state index < -0.39 is 138 Å². The summed E-state index contributed by atoms with van der Waals surface area (Å²) >= 11 is 0. The number of nitriles is 1. The number of benzene rings is 11. The molecule has 0 fully saturated rings. The summed E-state index contributed by atoms with van der Waals surface area (Å²) in [6, 6.07) is 40.6. The molecule has 0 aliphatic heterocycles. The lowest BCUT2D eigenvalue weighted by atomic mass is 9.94. The Morgan fingerprint density at radius 2 is 0.509 bits per heavy atom. The molecule has 3 aromatic heterocycles. The molecule has 0 saturated carbocycles. The van der Waals surface area contributed by atoms with Crippen molar-refractivity contribution in [2.45, 2.75) is 49.4 Å². The Bertz CT molecular complexity index is 5670. The predicted octanol–water partition coefficient (Wildman–Crippen LogP) is 27.0. The molecule has 0 aliphatic rings. The summed E-state index contributed by atoms with van der Waals surface area (Å²) in [6.45, 7) is 0. The van der Waals surface area contributed by atoms with E-state index in [1.54, 1.807) is 72.8 Å². The predicted molar refractivity (Wildman–Crippen MR) is 356 cm³/mol. The van der Waals surface area contributed by atoms with Crippen LogP contribution in [0.3, 0.4) is 0 Å². The Morgan fingerprint density at radius 1 is 0.241 bits per heavy atom. The molecule has 546 valence electrons. The van der Waals surface area contributed by atoms with Crippen molar-refractivity contribution in [3.8, 4) is 95.6 Å². The molecule has 14 rings (SSSR count). The maximum atomic E-state index is 15.2. The van der Waals surface area contributed by atoms with Gasteiger partial charge in [-0.25, -0.2) is 4.98 Å². The lowest BCUT2D eigenvalue weighted by molar-refractivity contribution is -0.144. The van der Waals surface area contributed by atoms with Gasteiger partial charge in [0.05, 0.1) is 101 Å². The number of pyridine rings is 1. The van der Waals surface area contributed by atoms with E-state index in [9.17, 15) is 57.9 Å². The summed E-state index contributed by atoms with van der Waals surface area (Å²) in [4.78, 5) is 4.93. The van der Waals surface area contributed by atoms with Gasteiger partial charge in [-0.3, -0.25) is 0 Å². The van der Waals surface area contributed by atoms with Crippen LogP contribution in [0.4, 0.5) is 105 Å². The number of hydrogen-bond acceptors (Lipinski definition) is 2. The number of rotatable bonds is 9. The molecule has 28 heteroatoms. The van der Waals surface area contributed by atoms with Gasteiger partial charge >= 0.3 is 49.4 Å². The maximum absolute atomic E-state index is 15.2. The summed E-state index contributed by atoms with van der Waals surface area (Å²) in [5.74, 6) is 0. The van der Waals surface area contributed by atoms with E-state index in [-0.39, 0.29) is 95.9 Å². The molecule has 0 radical (unpaired) electrons. The molecule has 0 atom stereocenters. The van der Waals surface area contributed by atoms with E-state index in [2.05, 4.69) is 6.07 Å². The highest BCUT2D eigenvalue weighted by molar-refractivity contribution is 6.14. The van der Waals surface area contributed by atoms with E-state index in [1.165, 1.54) is 21.3 Å². The molecule has 0 saturated heterocycles. The van der Waals surface area contributed by atoms with Gasteiger partial charge in [0.2, 0.25) is 0 Å². The Labute approximate surface area is 591 Å². The molecule has 0 bridgehead atoms. The summed E-state index contributed by atoms with van der Waals surface area (Å²) in [6.07, 6.45) is -43.4. The van der Waals surface area contributed by atoms with Crippen molar-refractivity contribution in [3.63, 3.8) is 0 Å². The first-order valence-corrected chi connectivity index (χ1v) is 31.6. The average molecular weight is 1510 g/mol. The topological polar surface area (TPSA) is 46.5 Å². The van der Waals surface area contributed by atoms with Gasteiger partial charge in [-0.1, -0.05) is 109 Å². The van der Waals surface area contributed by atoms with Crippen LogP contribution in [0.2, 0.25) is 0 Å². The zero-order valence-electron chi connectivity index (χ0n) is 53.8. The van der Waals surface area contributed by atoms with Gasteiger partial charge in [-0.2, -0.15) is 111 Å². The zero-order chi connectivity index (χ0) is 77.5. The van der Waals surface area contributed by atoms with E-state index in [1.807, 2.05) is 0 Å². The minimum absolute atomic E-state index is 0.00436. The van der Waals surface area contributed by atoms with Crippen LogP contribution in [0.15, 0.2) is 231 Å². The van der Waals surface area contributed by atoms with Crippen molar-refractivity contribution >= 4 is 43.6 Å². The van der Waals surface area contributed by atoms with Crippen LogP contribution < -0.4 is 0 Å². The minimum atomic E-state index is -5.52. The summed E-state index contributed by atoms with van der Waals surface area (Å²) < 4.78 is 355. The molecule has 14 aromatic rings. The lowest BCUT2D eigenvalue weighted by Gasteiger charge is -2.21. The van der Waals surface area contributed by atoms with Crippen molar-refractivity contribution in [1.29, 1.82) is 5.26 Å². The molecule has 0 N–H and O–H groups in total. The lowest BCUT2D eigenvalue weighted by Crippen LogP contribution is -2.12. The van der Waals surface area contributed by atoms with Gasteiger partial charge < -0.3 is 9.13 Å². The van der Waals surface area contributed by atoms with Crippen molar-refractivity contribution < 1.29 is 105 Å².